The van der Waals surface area contributed by atoms with E-state index in [9.17, 15) is 4.79 Å². The summed E-state index contributed by atoms with van der Waals surface area (Å²) in [4.78, 5) is 12.4. The summed E-state index contributed by atoms with van der Waals surface area (Å²) in [5.41, 5.74) is 1.00. The zero-order valence-corrected chi connectivity index (χ0v) is 15.1. The molecule has 0 aliphatic rings. The normalized spacial score (nSPS) is 12.8. The van der Waals surface area contributed by atoms with Crippen LogP contribution >= 0.6 is 0 Å². The van der Waals surface area contributed by atoms with E-state index in [4.69, 9.17) is 14.2 Å². The number of nitrogens with one attached hydrogen (secondary N) is 1. The van der Waals surface area contributed by atoms with Gasteiger partial charge < -0.3 is 19.5 Å². The number of carbonyl (C=O) groups excluding carboxylic acids is 1. The van der Waals surface area contributed by atoms with Gasteiger partial charge in [0.25, 0.3) is 5.91 Å². The number of hydrogen-bond acceptors (Lipinski definition) is 4. The van der Waals surface area contributed by atoms with Crippen LogP contribution in [0.2, 0.25) is 0 Å². The van der Waals surface area contributed by atoms with Crippen LogP contribution in [-0.2, 0) is 4.79 Å². The van der Waals surface area contributed by atoms with Crippen molar-refractivity contribution in [2.24, 2.45) is 0 Å². The van der Waals surface area contributed by atoms with Crippen LogP contribution in [0, 0.1) is 0 Å². The Bertz CT molecular complexity index is 684. The SMILES string of the molecule is CCOc1ccc([C@@H](C)NC(=O)[C@@H](C)Oc2cccc(OC)c2)cc1. The van der Waals surface area contributed by atoms with Crippen LogP contribution in [0.1, 0.15) is 32.4 Å². The molecule has 0 bridgehead atoms. The van der Waals surface area contributed by atoms with Crippen molar-refractivity contribution in [2.75, 3.05) is 13.7 Å². The van der Waals surface area contributed by atoms with Gasteiger partial charge >= 0.3 is 0 Å². The Balaban J connectivity index is 1.92. The van der Waals surface area contributed by atoms with Crippen LogP contribution in [-0.4, -0.2) is 25.7 Å². The molecular formula is C20H25NO4. The summed E-state index contributed by atoms with van der Waals surface area (Å²) in [6.07, 6.45) is -0.614. The molecule has 2 aromatic rings. The highest BCUT2D eigenvalue weighted by molar-refractivity contribution is 5.81. The quantitative estimate of drug-likeness (QED) is 0.793. The van der Waals surface area contributed by atoms with Gasteiger partial charge in [0.2, 0.25) is 0 Å². The van der Waals surface area contributed by atoms with E-state index >= 15 is 0 Å². The van der Waals surface area contributed by atoms with Gasteiger partial charge in [0, 0.05) is 6.07 Å². The van der Waals surface area contributed by atoms with Crippen LogP contribution in [0.3, 0.4) is 0 Å². The number of hydrogen-bond donors (Lipinski definition) is 1. The minimum atomic E-state index is -0.614. The second kappa shape index (κ2) is 8.97. The topological polar surface area (TPSA) is 56.8 Å². The lowest BCUT2D eigenvalue weighted by Crippen LogP contribution is -2.37. The zero-order valence-electron chi connectivity index (χ0n) is 15.1. The first-order chi connectivity index (χ1) is 12.0. The van der Waals surface area contributed by atoms with Crippen molar-refractivity contribution >= 4 is 5.91 Å². The number of methoxy groups -OCH3 is 1. The van der Waals surface area contributed by atoms with Gasteiger partial charge in [0.05, 0.1) is 19.8 Å². The van der Waals surface area contributed by atoms with Crippen molar-refractivity contribution in [3.63, 3.8) is 0 Å². The van der Waals surface area contributed by atoms with Crippen LogP contribution in [0.5, 0.6) is 17.2 Å². The van der Waals surface area contributed by atoms with E-state index in [-0.39, 0.29) is 11.9 Å². The summed E-state index contributed by atoms with van der Waals surface area (Å²) >= 11 is 0. The average Bonchev–Trinajstić information content (AvgIpc) is 2.62. The molecule has 0 aliphatic heterocycles. The first-order valence-electron chi connectivity index (χ1n) is 8.37. The van der Waals surface area contributed by atoms with Gasteiger partial charge in [-0.15, -0.1) is 0 Å². The predicted octanol–water partition coefficient (Wildman–Crippen LogP) is 3.74. The summed E-state index contributed by atoms with van der Waals surface area (Å²) in [7, 11) is 1.59. The second-order valence-electron chi connectivity index (χ2n) is 5.67. The van der Waals surface area contributed by atoms with Crippen molar-refractivity contribution in [3.8, 4) is 17.2 Å². The zero-order chi connectivity index (χ0) is 18.2. The Hall–Kier alpha value is -2.69. The first-order valence-corrected chi connectivity index (χ1v) is 8.37. The molecule has 0 heterocycles. The summed E-state index contributed by atoms with van der Waals surface area (Å²) < 4.78 is 16.3. The lowest BCUT2D eigenvalue weighted by atomic mass is 10.1. The van der Waals surface area contributed by atoms with Gasteiger partial charge in [-0.05, 0) is 50.6 Å². The Labute approximate surface area is 148 Å². The van der Waals surface area contributed by atoms with Crippen LogP contribution in [0.25, 0.3) is 0 Å². The van der Waals surface area contributed by atoms with Gasteiger partial charge in [-0.2, -0.15) is 0 Å². The highest BCUT2D eigenvalue weighted by Crippen LogP contribution is 2.21. The molecule has 0 aromatic heterocycles. The Morgan fingerprint density at radius 2 is 1.72 bits per heavy atom. The van der Waals surface area contributed by atoms with E-state index < -0.39 is 6.10 Å². The van der Waals surface area contributed by atoms with Crippen LogP contribution in [0.15, 0.2) is 48.5 Å². The van der Waals surface area contributed by atoms with Gasteiger partial charge in [-0.1, -0.05) is 18.2 Å². The van der Waals surface area contributed by atoms with Crippen molar-refractivity contribution in [1.29, 1.82) is 0 Å². The minimum Gasteiger partial charge on any atom is -0.497 e. The standard InChI is InChI=1S/C20H25NO4/c1-5-24-17-11-9-16(10-12-17)14(2)21-20(22)15(3)25-19-8-6-7-18(13-19)23-4/h6-15H,5H2,1-4H3,(H,21,22)/t14-,15-/m1/s1. The highest BCUT2D eigenvalue weighted by atomic mass is 16.5. The molecule has 25 heavy (non-hydrogen) atoms. The number of ether oxygens (including phenoxy) is 3. The largest absolute Gasteiger partial charge is 0.497 e. The number of rotatable bonds is 8. The third kappa shape index (κ3) is 5.41. The molecule has 0 unspecified atom stereocenters. The third-order valence-electron chi connectivity index (χ3n) is 3.77. The molecule has 0 spiro atoms. The molecule has 0 aliphatic carbocycles. The summed E-state index contributed by atoms with van der Waals surface area (Å²) in [6.45, 7) is 6.23. The maximum Gasteiger partial charge on any atom is 0.261 e. The van der Waals surface area contributed by atoms with Gasteiger partial charge in [-0.3, -0.25) is 4.79 Å². The first kappa shape index (κ1) is 18.6. The van der Waals surface area contributed by atoms with E-state index in [1.165, 1.54) is 0 Å². The monoisotopic (exact) mass is 343 g/mol. The van der Waals surface area contributed by atoms with E-state index in [2.05, 4.69) is 5.32 Å². The molecule has 0 radical (unpaired) electrons. The Morgan fingerprint density at radius 1 is 1.04 bits per heavy atom. The fraction of sp³-hybridized carbons (Fsp3) is 0.350. The molecule has 5 heteroatoms. The van der Waals surface area contributed by atoms with E-state index in [0.29, 0.717) is 18.1 Å². The number of benzene rings is 2. The maximum absolute atomic E-state index is 12.4. The fourth-order valence-corrected chi connectivity index (χ4v) is 2.37. The third-order valence-corrected chi connectivity index (χ3v) is 3.77. The maximum atomic E-state index is 12.4. The van der Waals surface area contributed by atoms with Crippen molar-refractivity contribution in [1.82, 2.24) is 5.32 Å². The summed E-state index contributed by atoms with van der Waals surface area (Å²) in [5.74, 6) is 1.92. The average molecular weight is 343 g/mol. The lowest BCUT2D eigenvalue weighted by Gasteiger charge is -2.19. The highest BCUT2D eigenvalue weighted by Gasteiger charge is 2.18. The summed E-state index contributed by atoms with van der Waals surface area (Å²) in [6, 6.07) is 14.8. The Kier molecular flexibility index (Phi) is 6.69. The van der Waals surface area contributed by atoms with Crippen molar-refractivity contribution in [2.45, 2.75) is 32.9 Å². The van der Waals surface area contributed by atoms with Crippen molar-refractivity contribution < 1.29 is 19.0 Å². The van der Waals surface area contributed by atoms with E-state index in [1.54, 1.807) is 26.2 Å². The molecular weight excluding hydrogens is 318 g/mol. The second-order valence-corrected chi connectivity index (χ2v) is 5.67. The molecule has 1 amide bonds. The van der Waals surface area contributed by atoms with Gasteiger partial charge in [-0.25, -0.2) is 0 Å². The van der Waals surface area contributed by atoms with Crippen molar-refractivity contribution in [3.05, 3.63) is 54.1 Å². The lowest BCUT2D eigenvalue weighted by molar-refractivity contribution is -0.127. The smallest absolute Gasteiger partial charge is 0.261 e. The van der Waals surface area contributed by atoms with E-state index in [0.717, 1.165) is 11.3 Å². The molecule has 2 aromatic carbocycles. The molecule has 5 nitrogen and oxygen atoms in total. The molecule has 0 saturated heterocycles. The Morgan fingerprint density at radius 3 is 2.36 bits per heavy atom. The predicted molar refractivity (Wildman–Crippen MR) is 97.3 cm³/mol. The number of amides is 1. The molecule has 0 fully saturated rings. The molecule has 0 saturated carbocycles. The molecule has 134 valence electrons. The minimum absolute atomic E-state index is 0.125. The molecule has 1 N–H and O–H groups in total. The summed E-state index contributed by atoms with van der Waals surface area (Å²) in [5, 5.41) is 2.96. The van der Waals surface area contributed by atoms with Crippen LogP contribution < -0.4 is 19.5 Å². The molecule has 2 atom stereocenters. The van der Waals surface area contributed by atoms with Gasteiger partial charge in [0.15, 0.2) is 6.10 Å². The van der Waals surface area contributed by atoms with Gasteiger partial charge in [0.1, 0.15) is 17.2 Å². The molecule has 2 rings (SSSR count). The van der Waals surface area contributed by atoms with Crippen LogP contribution in [0.4, 0.5) is 0 Å². The fourth-order valence-electron chi connectivity index (χ4n) is 2.37. The van der Waals surface area contributed by atoms with E-state index in [1.807, 2.05) is 50.2 Å². The number of carbonyl (C=O) groups is 1.